The zero-order valence-electron chi connectivity index (χ0n) is 15.3. The molecule has 0 spiro atoms. The zero-order chi connectivity index (χ0) is 19.4. The van der Waals surface area contributed by atoms with Gasteiger partial charge in [0.05, 0.1) is 4.92 Å². The molecule has 6 heteroatoms. The van der Waals surface area contributed by atoms with Gasteiger partial charge in [-0.2, -0.15) is 0 Å². The van der Waals surface area contributed by atoms with Crippen molar-refractivity contribution in [3.63, 3.8) is 0 Å². The second kappa shape index (κ2) is 7.54. The van der Waals surface area contributed by atoms with Crippen molar-refractivity contribution in [1.82, 2.24) is 0 Å². The highest BCUT2D eigenvalue weighted by Gasteiger charge is 2.37. The molecule has 0 aliphatic heterocycles. The summed E-state index contributed by atoms with van der Waals surface area (Å²) < 4.78 is 5.75. The molecule has 0 bridgehead atoms. The number of esters is 1. The van der Waals surface area contributed by atoms with Gasteiger partial charge in [0, 0.05) is 30.2 Å². The van der Waals surface area contributed by atoms with Gasteiger partial charge in [-0.05, 0) is 12.1 Å². The number of non-ortho nitro benzene ring substituents is 1. The Bertz CT molecular complexity index is 861. The minimum Gasteiger partial charge on any atom is -0.437 e. The van der Waals surface area contributed by atoms with Crippen molar-refractivity contribution in [2.75, 3.05) is 0 Å². The molecule has 0 saturated carbocycles. The van der Waals surface area contributed by atoms with E-state index in [4.69, 9.17) is 4.74 Å². The average Bonchev–Trinajstić information content (AvgIpc) is 2.58. The topological polar surface area (TPSA) is 69.4 Å². The normalized spacial score (nSPS) is 13.1. The molecule has 2 aromatic rings. The number of carbonyl (C=O) groups is 1. The Hall–Kier alpha value is -2.91. The van der Waals surface area contributed by atoms with E-state index in [-0.39, 0.29) is 5.69 Å². The van der Waals surface area contributed by atoms with E-state index in [1.165, 1.54) is 19.1 Å². The summed E-state index contributed by atoms with van der Waals surface area (Å²) in [7, 11) is -1.77. The molecular weight excluding hydrogens is 346 g/mol. The summed E-state index contributed by atoms with van der Waals surface area (Å²) in [5, 5.41) is 11.0. The number of hydrogen-bond acceptors (Lipinski definition) is 4. The van der Waals surface area contributed by atoms with Gasteiger partial charge in [-0.15, -0.1) is 5.54 Å². The van der Waals surface area contributed by atoms with Crippen molar-refractivity contribution in [1.29, 1.82) is 0 Å². The van der Waals surface area contributed by atoms with Crippen LogP contribution in [0.25, 0.3) is 0 Å². The summed E-state index contributed by atoms with van der Waals surface area (Å²) in [5.74, 6) is 2.71. The van der Waals surface area contributed by atoms with Crippen LogP contribution in [0.15, 0.2) is 54.6 Å². The number of nitrogens with zero attached hydrogens (tertiary/aromatic N) is 1. The fraction of sp³-hybridized carbons (Fsp3) is 0.250. The van der Waals surface area contributed by atoms with Gasteiger partial charge in [0.2, 0.25) is 5.60 Å². The molecule has 0 aliphatic rings. The predicted octanol–water partition coefficient (Wildman–Crippen LogP) is 4.28. The minimum absolute atomic E-state index is 0.0308. The van der Waals surface area contributed by atoms with E-state index in [2.05, 4.69) is 31.1 Å². The molecule has 0 radical (unpaired) electrons. The van der Waals surface area contributed by atoms with E-state index >= 15 is 0 Å². The van der Waals surface area contributed by atoms with Gasteiger partial charge < -0.3 is 4.74 Å². The third kappa shape index (κ3) is 4.58. The standard InChI is InChI=1S/C20H21NO4Si/c1-16(22)25-20(14-15-26(2,3)4,17-8-6-5-7-9-17)18-10-12-19(13-11-18)21(23)24/h5-13H,1-4H3. The van der Waals surface area contributed by atoms with Crippen LogP contribution in [0.2, 0.25) is 19.6 Å². The van der Waals surface area contributed by atoms with E-state index < -0.39 is 24.6 Å². The lowest BCUT2D eigenvalue weighted by molar-refractivity contribution is -0.384. The monoisotopic (exact) mass is 367 g/mol. The Morgan fingerprint density at radius 1 is 1.04 bits per heavy atom. The second-order valence-electron chi connectivity index (χ2n) is 6.94. The van der Waals surface area contributed by atoms with Crippen molar-refractivity contribution in [2.45, 2.75) is 32.2 Å². The number of ether oxygens (including phenoxy) is 1. The maximum absolute atomic E-state index is 11.9. The van der Waals surface area contributed by atoms with Crippen LogP contribution in [0.4, 0.5) is 5.69 Å². The summed E-state index contributed by atoms with van der Waals surface area (Å²) in [6, 6.07) is 15.2. The van der Waals surface area contributed by atoms with Crippen LogP contribution in [0.3, 0.4) is 0 Å². The summed E-state index contributed by atoms with van der Waals surface area (Å²) >= 11 is 0. The SMILES string of the molecule is CC(=O)OC(C#C[Si](C)(C)C)(c1ccccc1)c1ccc([N+](=O)[O-])cc1. The fourth-order valence-electron chi connectivity index (χ4n) is 2.44. The smallest absolute Gasteiger partial charge is 0.304 e. The lowest BCUT2D eigenvalue weighted by Crippen LogP contribution is -2.33. The van der Waals surface area contributed by atoms with Crippen LogP contribution < -0.4 is 0 Å². The van der Waals surface area contributed by atoms with Crippen LogP contribution in [0.1, 0.15) is 18.1 Å². The lowest BCUT2D eigenvalue weighted by atomic mass is 9.86. The minimum atomic E-state index is -1.77. The van der Waals surface area contributed by atoms with Crippen molar-refractivity contribution in [2.24, 2.45) is 0 Å². The van der Waals surface area contributed by atoms with Gasteiger partial charge in [-0.3, -0.25) is 14.9 Å². The molecule has 0 heterocycles. The van der Waals surface area contributed by atoms with Crippen molar-refractivity contribution in [3.8, 4) is 11.5 Å². The molecule has 2 aromatic carbocycles. The number of benzene rings is 2. The molecule has 1 atom stereocenters. The average molecular weight is 367 g/mol. The van der Waals surface area contributed by atoms with E-state index in [1.807, 2.05) is 30.3 Å². The molecule has 0 saturated heterocycles. The zero-order valence-corrected chi connectivity index (χ0v) is 16.3. The Kier molecular flexibility index (Phi) is 5.63. The number of hydrogen-bond donors (Lipinski definition) is 0. The van der Waals surface area contributed by atoms with Gasteiger partial charge in [0.25, 0.3) is 5.69 Å². The molecule has 0 N–H and O–H groups in total. The first-order valence-electron chi connectivity index (χ1n) is 8.18. The molecular formula is C20H21NO4Si. The molecule has 0 aliphatic carbocycles. The molecule has 5 nitrogen and oxygen atoms in total. The summed E-state index contributed by atoms with van der Waals surface area (Å²) in [6.45, 7) is 7.62. The third-order valence-electron chi connectivity index (χ3n) is 3.58. The molecule has 0 fully saturated rings. The summed E-state index contributed by atoms with van der Waals surface area (Å²) in [6.07, 6.45) is 0. The highest BCUT2D eigenvalue weighted by atomic mass is 28.3. The molecule has 0 amide bonds. The van der Waals surface area contributed by atoms with Gasteiger partial charge in [-0.25, -0.2) is 0 Å². The Balaban J connectivity index is 2.74. The molecule has 0 aromatic heterocycles. The number of nitro benzene ring substituents is 1. The van der Waals surface area contributed by atoms with Crippen LogP contribution in [0.5, 0.6) is 0 Å². The van der Waals surface area contributed by atoms with Crippen LogP contribution in [-0.2, 0) is 15.1 Å². The van der Waals surface area contributed by atoms with Crippen LogP contribution >= 0.6 is 0 Å². The van der Waals surface area contributed by atoms with Gasteiger partial charge in [0.1, 0.15) is 8.07 Å². The first-order valence-corrected chi connectivity index (χ1v) is 11.7. The third-order valence-corrected chi connectivity index (χ3v) is 4.45. The molecule has 2 rings (SSSR count). The molecule has 26 heavy (non-hydrogen) atoms. The quantitative estimate of drug-likeness (QED) is 0.266. The molecule has 1 unspecified atom stereocenters. The Morgan fingerprint density at radius 2 is 1.58 bits per heavy atom. The summed E-state index contributed by atoms with van der Waals surface area (Å²) in [5.41, 5.74) is 3.23. The maximum Gasteiger partial charge on any atom is 0.304 e. The Labute approximate surface area is 154 Å². The van der Waals surface area contributed by atoms with Crippen molar-refractivity contribution >= 4 is 19.7 Å². The first kappa shape index (κ1) is 19.4. The molecule has 134 valence electrons. The first-order chi connectivity index (χ1) is 12.1. The van der Waals surface area contributed by atoms with Crippen LogP contribution in [0, 0.1) is 21.6 Å². The fourth-order valence-corrected chi connectivity index (χ4v) is 2.99. The van der Waals surface area contributed by atoms with E-state index in [0.717, 1.165) is 0 Å². The lowest BCUT2D eigenvalue weighted by Gasteiger charge is -2.29. The van der Waals surface area contributed by atoms with E-state index in [9.17, 15) is 14.9 Å². The highest BCUT2D eigenvalue weighted by molar-refractivity contribution is 6.83. The maximum atomic E-state index is 11.9. The number of nitro groups is 1. The van der Waals surface area contributed by atoms with Crippen molar-refractivity contribution < 1.29 is 14.5 Å². The number of rotatable bonds is 4. The van der Waals surface area contributed by atoms with Gasteiger partial charge in [0.15, 0.2) is 0 Å². The number of carbonyl (C=O) groups excluding carboxylic acids is 1. The van der Waals surface area contributed by atoms with Gasteiger partial charge in [-0.1, -0.05) is 55.9 Å². The Morgan fingerprint density at radius 3 is 2.04 bits per heavy atom. The summed E-state index contributed by atoms with van der Waals surface area (Å²) in [4.78, 5) is 22.4. The van der Waals surface area contributed by atoms with Crippen LogP contribution in [-0.4, -0.2) is 19.0 Å². The largest absolute Gasteiger partial charge is 0.437 e. The van der Waals surface area contributed by atoms with E-state index in [1.54, 1.807) is 12.1 Å². The van der Waals surface area contributed by atoms with Crippen molar-refractivity contribution in [3.05, 3.63) is 75.8 Å². The highest BCUT2D eigenvalue weighted by Crippen LogP contribution is 2.34. The second-order valence-corrected chi connectivity index (χ2v) is 11.7. The van der Waals surface area contributed by atoms with Gasteiger partial charge >= 0.3 is 5.97 Å². The predicted molar refractivity (Wildman–Crippen MR) is 103 cm³/mol. The van der Waals surface area contributed by atoms with E-state index in [0.29, 0.717) is 11.1 Å².